The maximum atomic E-state index is 12.0. The van der Waals surface area contributed by atoms with Crippen molar-refractivity contribution in [2.24, 2.45) is 0 Å². The molecule has 0 fully saturated rings. The summed E-state index contributed by atoms with van der Waals surface area (Å²) in [7, 11) is 0. The molecular formula is C14H12N2O2S. The summed E-state index contributed by atoms with van der Waals surface area (Å²) in [6, 6.07) is 3.54. The van der Waals surface area contributed by atoms with Gasteiger partial charge in [-0.25, -0.2) is 0 Å². The zero-order chi connectivity index (χ0) is 13.7. The molecule has 19 heavy (non-hydrogen) atoms. The summed E-state index contributed by atoms with van der Waals surface area (Å²) in [5.41, 5.74) is 2.20. The average Bonchev–Trinajstić information content (AvgIpc) is 2.88. The number of aliphatic hydroxyl groups is 1. The standard InChI is InChI=1S/C14H12N2O2S/c1-10-4-5-15-8-13(10)16-14(18)11-7-12(19-9-11)3-2-6-17/h4-5,7-9,17H,6H2,1H3,(H,16,18). The molecule has 0 aromatic carbocycles. The average molecular weight is 272 g/mol. The van der Waals surface area contributed by atoms with E-state index in [1.165, 1.54) is 11.3 Å². The maximum Gasteiger partial charge on any atom is 0.256 e. The number of aromatic nitrogens is 1. The van der Waals surface area contributed by atoms with Crippen molar-refractivity contribution in [3.8, 4) is 11.8 Å². The summed E-state index contributed by atoms with van der Waals surface area (Å²) < 4.78 is 0. The van der Waals surface area contributed by atoms with Crippen LogP contribution in [0.4, 0.5) is 5.69 Å². The number of thiophene rings is 1. The lowest BCUT2D eigenvalue weighted by atomic mass is 10.2. The molecule has 0 aliphatic heterocycles. The van der Waals surface area contributed by atoms with Crippen LogP contribution in [0, 0.1) is 18.8 Å². The number of pyridine rings is 1. The Labute approximate surface area is 115 Å². The van der Waals surface area contributed by atoms with Crippen LogP contribution in [-0.4, -0.2) is 22.6 Å². The molecule has 0 saturated heterocycles. The summed E-state index contributed by atoms with van der Waals surface area (Å²) in [6.07, 6.45) is 3.30. The normalized spacial score (nSPS) is 9.58. The van der Waals surface area contributed by atoms with Gasteiger partial charge in [0, 0.05) is 11.6 Å². The van der Waals surface area contributed by atoms with E-state index in [1.807, 2.05) is 13.0 Å². The molecule has 2 rings (SSSR count). The van der Waals surface area contributed by atoms with E-state index in [9.17, 15) is 4.79 Å². The zero-order valence-corrected chi connectivity index (χ0v) is 11.1. The minimum atomic E-state index is -0.190. The maximum absolute atomic E-state index is 12.0. The summed E-state index contributed by atoms with van der Waals surface area (Å²) in [4.78, 5) is 16.8. The van der Waals surface area contributed by atoms with Crippen LogP contribution in [-0.2, 0) is 0 Å². The van der Waals surface area contributed by atoms with Crippen LogP contribution in [0.15, 0.2) is 29.9 Å². The first-order chi connectivity index (χ1) is 9.20. The quantitative estimate of drug-likeness (QED) is 0.822. The van der Waals surface area contributed by atoms with Crippen molar-refractivity contribution in [3.63, 3.8) is 0 Å². The highest BCUT2D eigenvalue weighted by Crippen LogP contribution is 2.17. The third-order valence-corrected chi connectivity index (χ3v) is 3.29. The van der Waals surface area contributed by atoms with Crippen molar-refractivity contribution in [2.45, 2.75) is 6.92 Å². The lowest BCUT2D eigenvalue weighted by Crippen LogP contribution is -2.11. The van der Waals surface area contributed by atoms with Gasteiger partial charge in [-0.1, -0.05) is 11.8 Å². The molecule has 2 N–H and O–H groups in total. The van der Waals surface area contributed by atoms with Crippen LogP contribution in [0.5, 0.6) is 0 Å². The largest absolute Gasteiger partial charge is 0.384 e. The van der Waals surface area contributed by atoms with Gasteiger partial charge in [-0.2, -0.15) is 0 Å². The van der Waals surface area contributed by atoms with E-state index in [-0.39, 0.29) is 12.5 Å². The lowest BCUT2D eigenvalue weighted by Gasteiger charge is -2.05. The fourth-order valence-electron chi connectivity index (χ4n) is 1.44. The molecule has 0 unspecified atom stereocenters. The van der Waals surface area contributed by atoms with E-state index in [0.29, 0.717) is 11.3 Å². The van der Waals surface area contributed by atoms with Crippen LogP contribution >= 0.6 is 11.3 Å². The Balaban J connectivity index is 2.12. The molecular weight excluding hydrogens is 260 g/mol. The lowest BCUT2D eigenvalue weighted by molar-refractivity contribution is 0.102. The Morgan fingerprint density at radius 2 is 2.42 bits per heavy atom. The van der Waals surface area contributed by atoms with Crippen LogP contribution in [0.25, 0.3) is 0 Å². The Kier molecular flexibility index (Phi) is 4.29. The van der Waals surface area contributed by atoms with Gasteiger partial charge >= 0.3 is 0 Å². The van der Waals surface area contributed by atoms with E-state index >= 15 is 0 Å². The van der Waals surface area contributed by atoms with Gasteiger partial charge in [-0.05, 0) is 24.6 Å². The highest BCUT2D eigenvalue weighted by Gasteiger charge is 2.09. The van der Waals surface area contributed by atoms with Gasteiger partial charge in [0.1, 0.15) is 6.61 Å². The number of hydrogen-bond acceptors (Lipinski definition) is 4. The molecule has 0 atom stereocenters. The third kappa shape index (κ3) is 3.41. The van der Waals surface area contributed by atoms with Crippen LogP contribution in [0.2, 0.25) is 0 Å². The van der Waals surface area contributed by atoms with Crippen molar-refractivity contribution < 1.29 is 9.90 Å². The Morgan fingerprint density at radius 3 is 3.16 bits per heavy atom. The van der Waals surface area contributed by atoms with Gasteiger partial charge in [-0.3, -0.25) is 9.78 Å². The third-order valence-electron chi connectivity index (χ3n) is 2.44. The predicted octanol–water partition coefficient (Wildman–Crippen LogP) is 2.05. The molecule has 2 aromatic rings. The first-order valence-electron chi connectivity index (χ1n) is 5.61. The van der Waals surface area contributed by atoms with Crippen LogP contribution in [0.3, 0.4) is 0 Å². The Bertz CT molecular complexity index is 653. The highest BCUT2D eigenvalue weighted by molar-refractivity contribution is 7.10. The fourth-order valence-corrected chi connectivity index (χ4v) is 2.19. The highest BCUT2D eigenvalue weighted by atomic mass is 32.1. The number of carbonyl (C=O) groups is 1. The summed E-state index contributed by atoms with van der Waals surface area (Å²) in [5.74, 6) is 5.13. The van der Waals surface area contributed by atoms with Crippen LogP contribution < -0.4 is 5.32 Å². The van der Waals surface area contributed by atoms with E-state index < -0.39 is 0 Å². The van der Waals surface area contributed by atoms with Crippen molar-refractivity contribution >= 4 is 22.9 Å². The number of aliphatic hydroxyl groups excluding tert-OH is 1. The number of nitrogens with one attached hydrogen (secondary N) is 1. The minimum absolute atomic E-state index is 0.186. The van der Waals surface area contributed by atoms with Gasteiger partial charge in [0.05, 0.1) is 22.3 Å². The number of nitrogens with zero attached hydrogens (tertiary/aromatic N) is 1. The number of rotatable bonds is 2. The van der Waals surface area contributed by atoms with Gasteiger partial charge in [0.2, 0.25) is 0 Å². The number of hydrogen-bond donors (Lipinski definition) is 2. The molecule has 0 radical (unpaired) electrons. The minimum Gasteiger partial charge on any atom is -0.384 e. The van der Waals surface area contributed by atoms with Crippen molar-refractivity contribution in [1.82, 2.24) is 4.98 Å². The molecule has 2 aromatic heterocycles. The Morgan fingerprint density at radius 1 is 1.58 bits per heavy atom. The smallest absolute Gasteiger partial charge is 0.256 e. The molecule has 0 bridgehead atoms. The topological polar surface area (TPSA) is 62.2 Å². The van der Waals surface area contributed by atoms with E-state index in [4.69, 9.17) is 5.11 Å². The molecule has 4 nitrogen and oxygen atoms in total. The van der Waals surface area contributed by atoms with Crippen molar-refractivity contribution in [3.05, 3.63) is 45.9 Å². The van der Waals surface area contributed by atoms with Crippen molar-refractivity contribution in [2.75, 3.05) is 11.9 Å². The summed E-state index contributed by atoms with van der Waals surface area (Å²) in [5, 5.41) is 13.2. The monoisotopic (exact) mass is 272 g/mol. The first-order valence-corrected chi connectivity index (χ1v) is 6.49. The molecule has 0 aliphatic carbocycles. The molecule has 0 saturated carbocycles. The summed E-state index contributed by atoms with van der Waals surface area (Å²) >= 11 is 1.37. The molecule has 1 amide bonds. The number of aryl methyl sites for hydroxylation is 1. The summed E-state index contributed by atoms with van der Waals surface area (Å²) in [6.45, 7) is 1.72. The SMILES string of the molecule is Cc1ccncc1NC(=O)c1csc(C#CCO)c1. The van der Waals surface area contributed by atoms with E-state index in [2.05, 4.69) is 22.1 Å². The van der Waals surface area contributed by atoms with Crippen molar-refractivity contribution in [1.29, 1.82) is 0 Å². The van der Waals surface area contributed by atoms with E-state index in [0.717, 1.165) is 10.4 Å². The van der Waals surface area contributed by atoms with Gasteiger partial charge < -0.3 is 10.4 Å². The Hall–Kier alpha value is -2.16. The molecule has 96 valence electrons. The predicted molar refractivity (Wildman–Crippen MR) is 75.2 cm³/mol. The second-order valence-corrected chi connectivity index (χ2v) is 4.72. The van der Waals surface area contributed by atoms with Gasteiger partial charge in [0.15, 0.2) is 0 Å². The van der Waals surface area contributed by atoms with Gasteiger partial charge in [0.25, 0.3) is 5.91 Å². The number of carbonyl (C=O) groups excluding carboxylic acids is 1. The second kappa shape index (κ2) is 6.14. The number of anilines is 1. The molecule has 2 heterocycles. The second-order valence-electron chi connectivity index (χ2n) is 3.80. The number of amides is 1. The zero-order valence-electron chi connectivity index (χ0n) is 10.3. The molecule has 5 heteroatoms. The van der Waals surface area contributed by atoms with Gasteiger partial charge in [-0.15, -0.1) is 11.3 Å². The molecule has 0 aliphatic rings. The van der Waals surface area contributed by atoms with Crippen LogP contribution in [0.1, 0.15) is 20.8 Å². The van der Waals surface area contributed by atoms with E-state index in [1.54, 1.807) is 23.8 Å². The molecule has 0 spiro atoms. The fraction of sp³-hybridized carbons (Fsp3) is 0.143. The first kappa shape index (κ1) is 13.3.